The van der Waals surface area contributed by atoms with E-state index in [1.807, 2.05) is 0 Å². The Balaban J connectivity index is 1.53. The maximum Gasteiger partial charge on any atom is 0.270 e. The van der Waals surface area contributed by atoms with Crippen molar-refractivity contribution in [2.45, 2.75) is 32.0 Å². The van der Waals surface area contributed by atoms with Gasteiger partial charge >= 0.3 is 0 Å². The largest absolute Gasteiger partial charge is 0.374 e. The predicted molar refractivity (Wildman–Crippen MR) is 89.0 cm³/mol. The van der Waals surface area contributed by atoms with Crippen LogP contribution in [0.4, 0.5) is 5.69 Å². The van der Waals surface area contributed by atoms with Gasteiger partial charge in [-0.3, -0.25) is 19.8 Å². The van der Waals surface area contributed by atoms with Gasteiger partial charge in [0.1, 0.15) is 0 Å². The number of nitrogens with zero attached hydrogens (tertiary/aromatic N) is 3. The molecule has 2 heterocycles. The number of hydrogen-bond donors (Lipinski definition) is 0. The summed E-state index contributed by atoms with van der Waals surface area (Å²) < 4.78 is 5.86. The van der Waals surface area contributed by atoms with Gasteiger partial charge in [0.2, 0.25) is 0 Å². The smallest absolute Gasteiger partial charge is 0.270 e. The lowest BCUT2D eigenvalue weighted by Gasteiger charge is -2.35. The van der Waals surface area contributed by atoms with Crippen molar-refractivity contribution in [1.29, 1.82) is 0 Å². The SMILES string of the molecule is C[C@@H]1CC[C@H](CN2CCN(C(=O)c3cccc([N+](=O)[O-])c3)CC2)O1. The molecule has 24 heavy (non-hydrogen) atoms. The molecule has 0 aromatic heterocycles. The van der Waals surface area contributed by atoms with Gasteiger partial charge in [-0.1, -0.05) is 6.07 Å². The van der Waals surface area contributed by atoms with Crippen molar-refractivity contribution in [3.63, 3.8) is 0 Å². The van der Waals surface area contributed by atoms with Crippen molar-refractivity contribution in [2.24, 2.45) is 0 Å². The molecule has 2 aliphatic heterocycles. The van der Waals surface area contributed by atoms with Crippen LogP contribution in [0.15, 0.2) is 24.3 Å². The fraction of sp³-hybridized carbons (Fsp3) is 0.588. The standard InChI is InChI=1S/C17H23N3O4/c1-13-5-6-16(24-13)12-18-7-9-19(10-8-18)17(21)14-3-2-4-15(11-14)20(22)23/h2-4,11,13,16H,5-10,12H2,1H3/t13-,16-/m1/s1. The summed E-state index contributed by atoms with van der Waals surface area (Å²) in [5.74, 6) is -0.135. The fourth-order valence-electron chi connectivity index (χ4n) is 3.38. The second kappa shape index (κ2) is 7.27. The first-order valence-electron chi connectivity index (χ1n) is 8.44. The van der Waals surface area contributed by atoms with Crippen LogP contribution in [0, 0.1) is 10.1 Å². The molecule has 1 amide bonds. The zero-order valence-electron chi connectivity index (χ0n) is 13.9. The molecule has 3 rings (SSSR count). The average molecular weight is 333 g/mol. The van der Waals surface area contributed by atoms with Crippen LogP contribution >= 0.6 is 0 Å². The Bertz CT molecular complexity index is 614. The maximum absolute atomic E-state index is 12.5. The molecule has 7 nitrogen and oxygen atoms in total. The lowest BCUT2D eigenvalue weighted by Crippen LogP contribution is -2.50. The Morgan fingerprint density at radius 1 is 1.29 bits per heavy atom. The van der Waals surface area contributed by atoms with Crippen molar-refractivity contribution < 1.29 is 14.5 Å². The highest BCUT2D eigenvalue weighted by atomic mass is 16.6. The summed E-state index contributed by atoms with van der Waals surface area (Å²) >= 11 is 0. The highest BCUT2D eigenvalue weighted by molar-refractivity contribution is 5.94. The van der Waals surface area contributed by atoms with Crippen LogP contribution in [0.1, 0.15) is 30.1 Å². The Morgan fingerprint density at radius 2 is 2.04 bits per heavy atom. The van der Waals surface area contributed by atoms with Crippen LogP contribution in [0.25, 0.3) is 0 Å². The van der Waals surface area contributed by atoms with E-state index >= 15 is 0 Å². The molecule has 2 fully saturated rings. The lowest BCUT2D eigenvalue weighted by molar-refractivity contribution is -0.384. The van der Waals surface area contributed by atoms with E-state index in [-0.39, 0.29) is 11.6 Å². The molecule has 0 spiro atoms. The first-order chi connectivity index (χ1) is 11.5. The van der Waals surface area contributed by atoms with Crippen molar-refractivity contribution >= 4 is 11.6 Å². The van der Waals surface area contributed by atoms with Gasteiger partial charge in [0.25, 0.3) is 11.6 Å². The van der Waals surface area contributed by atoms with E-state index in [2.05, 4.69) is 11.8 Å². The molecule has 7 heteroatoms. The molecule has 0 saturated carbocycles. The first-order valence-corrected chi connectivity index (χ1v) is 8.44. The third-order valence-electron chi connectivity index (χ3n) is 4.75. The van der Waals surface area contributed by atoms with E-state index in [0.717, 1.165) is 32.5 Å². The molecule has 2 atom stereocenters. The second-order valence-corrected chi connectivity index (χ2v) is 6.55. The monoisotopic (exact) mass is 333 g/mol. The van der Waals surface area contributed by atoms with E-state index in [1.165, 1.54) is 12.1 Å². The third kappa shape index (κ3) is 3.91. The van der Waals surface area contributed by atoms with E-state index in [4.69, 9.17) is 4.74 Å². The van der Waals surface area contributed by atoms with Crippen LogP contribution in [0.2, 0.25) is 0 Å². The highest BCUT2D eigenvalue weighted by Gasteiger charge is 2.27. The maximum atomic E-state index is 12.5. The third-order valence-corrected chi connectivity index (χ3v) is 4.75. The first kappa shape index (κ1) is 16.9. The molecule has 1 aromatic carbocycles. The zero-order chi connectivity index (χ0) is 17.1. The molecule has 2 saturated heterocycles. The van der Waals surface area contributed by atoms with Crippen molar-refractivity contribution in [1.82, 2.24) is 9.80 Å². The summed E-state index contributed by atoms with van der Waals surface area (Å²) in [5.41, 5.74) is 0.331. The Kier molecular flexibility index (Phi) is 5.11. The number of nitro groups is 1. The van der Waals surface area contributed by atoms with Crippen LogP contribution in [0.3, 0.4) is 0 Å². The summed E-state index contributed by atoms with van der Waals surface area (Å²) in [6.45, 7) is 5.94. The van der Waals surface area contributed by atoms with Crippen LogP contribution in [0.5, 0.6) is 0 Å². The number of piperazine rings is 1. The number of non-ortho nitro benzene ring substituents is 1. The normalized spacial score (nSPS) is 25.0. The minimum atomic E-state index is -0.475. The molecule has 130 valence electrons. The van der Waals surface area contributed by atoms with Gasteiger partial charge in [0, 0.05) is 50.4 Å². The zero-order valence-corrected chi connectivity index (χ0v) is 13.9. The minimum absolute atomic E-state index is 0.0491. The van der Waals surface area contributed by atoms with E-state index < -0.39 is 4.92 Å². The Hall–Kier alpha value is -1.99. The van der Waals surface area contributed by atoms with Gasteiger partial charge in [-0.2, -0.15) is 0 Å². The summed E-state index contributed by atoms with van der Waals surface area (Å²) in [4.78, 5) is 27.0. The number of hydrogen-bond acceptors (Lipinski definition) is 5. The number of ether oxygens (including phenoxy) is 1. The molecule has 2 aliphatic rings. The summed E-state index contributed by atoms with van der Waals surface area (Å²) in [5, 5.41) is 10.8. The van der Waals surface area contributed by atoms with Gasteiger partial charge < -0.3 is 9.64 Å². The van der Waals surface area contributed by atoms with Gasteiger partial charge in [-0.25, -0.2) is 0 Å². The van der Waals surface area contributed by atoms with Crippen LogP contribution < -0.4 is 0 Å². The molecule has 1 aromatic rings. The molecular weight excluding hydrogens is 310 g/mol. The Labute approximate surface area is 141 Å². The quantitative estimate of drug-likeness (QED) is 0.621. The number of amides is 1. The number of rotatable bonds is 4. The second-order valence-electron chi connectivity index (χ2n) is 6.55. The average Bonchev–Trinajstić information content (AvgIpc) is 3.00. The number of carbonyl (C=O) groups excluding carboxylic acids is 1. The molecule has 0 N–H and O–H groups in total. The summed E-state index contributed by atoms with van der Waals surface area (Å²) in [6, 6.07) is 5.94. The topological polar surface area (TPSA) is 75.9 Å². The van der Waals surface area contributed by atoms with Crippen molar-refractivity contribution in [3.05, 3.63) is 39.9 Å². The van der Waals surface area contributed by atoms with Crippen molar-refractivity contribution in [3.8, 4) is 0 Å². The highest BCUT2D eigenvalue weighted by Crippen LogP contribution is 2.21. The van der Waals surface area contributed by atoms with Gasteiger partial charge in [0.05, 0.1) is 17.1 Å². The molecule has 0 aliphatic carbocycles. The number of benzene rings is 1. The van der Waals surface area contributed by atoms with E-state index in [0.29, 0.717) is 30.9 Å². The van der Waals surface area contributed by atoms with Crippen LogP contribution in [-0.4, -0.2) is 65.6 Å². The summed E-state index contributed by atoms with van der Waals surface area (Å²) in [6.07, 6.45) is 2.88. The minimum Gasteiger partial charge on any atom is -0.374 e. The Morgan fingerprint density at radius 3 is 2.67 bits per heavy atom. The van der Waals surface area contributed by atoms with Crippen LogP contribution in [-0.2, 0) is 4.74 Å². The van der Waals surface area contributed by atoms with E-state index in [9.17, 15) is 14.9 Å². The molecule has 0 radical (unpaired) electrons. The van der Waals surface area contributed by atoms with Crippen molar-refractivity contribution in [2.75, 3.05) is 32.7 Å². The molecule has 0 bridgehead atoms. The predicted octanol–water partition coefficient (Wildman–Crippen LogP) is 1.92. The number of carbonyl (C=O) groups is 1. The van der Waals surface area contributed by atoms with Gasteiger partial charge in [-0.05, 0) is 25.8 Å². The fourth-order valence-corrected chi connectivity index (χ4v) is 3.38. The summed E-state index contributed by atoms with van der Waals surface area (Å²) in [7, 11) is 0. The molecular formula is C17H23N3O4. The van der Waals surface area contributed by atoms with Gasteiger partial charge in [-0.15, -0.1) is 0 Å². The van der Waals surface area contributed by atoms with Gasteiger partial charge in [0.15, 0.2) is 0 Å². The number of nitro benzene ring substituents is 1. The van der Waals surface area contributed by atoms with E-state index in [1.54, 1.807) is 17.0 Å². The molecule has 0 unspecified atom stereocenters. The lowest BCUT2D eigenvalue weighted by atomic mass is 10.1.